The maximum Gasteiger partial charge on any atom is 0.291 e. The van der Waals surface area contributed by atoms with E-state index in [0.717, 1.165) is 11.1 Å². The summed E-state index contributed by atoms with van der Waals surface area (Å²) >= 11 is 7.31. The van der Waals surface area contributed by atoms with Gasteiger partial charge in [-0.3, -0.25) is 4.79 Å². The summed E-state index contributed by atoms with van der Waals surface area (Å²) in [5.74, 6) is 1.75. The van der Waals surface area contributed by atoms with Crippen molar-refractivity contribution < 1.29 is 9.47 Å². The van der Waals surface area contributed by atoms with Crippen LogP contribution in [0.25, 0.3) is 22.4 Å². The van der Waals surface area contributed by atoms with Crippen LogP contribution in [0.3, 0.4) is 0 Å². The van der Waals surface area contributed by atoms with Gasteiger partial charge in [0.2, 0.25) is 4.96 Å². The number of ether oxygens (including phenoxy) is 2. The highest BCUT2D eigenvalue weighted by Gasteiger charge is 2.12. The molecule has 8 heteroatoms. The van der Waals surface area contributed by atoms with Gasteiger partial charge < -0.3 is 9.47 Å². The molecule has 0 radical (unpaired) electrons. The van der Waals surface area contributed by atoms with Crippen molar-refractivity contribution >= 4 is 34.0 Å². The van der Waals surface area contributed by atoms with Crippen LogP contribution in [0.2, 0.25) is 5.02 Å². The molecule has 2 aromatic carbocycles. The van der Waals surface area contributed by atoms with E-state index >= 15 is 0 Å². The Balaban J connectivity index is 1.75. The van der Waals surface area contributed by atoms with E-state index in [0.29, 0.717) is 38.4 Å². The van der Waals surface area contributed by atoms with E-state index in [1.807, 2.05) is 37.3 Å². The number of hydrogen-bond acceptors (Lipinski definition) is 6. The molecular formula is C20H16ClN3O3S. The summed E-state index contributed by atoms with van der Waals surface area (Å²) in [5, 5.41) is 4.93. The Kier molecular flexibility index (Phi) is 5.02. The first-order valence-corrected chi connectivity index (χ1v) is 9.76. The second-order valence-corrected chi connectivity index (χ2v) is 7.34. The van der Waals surface area contributed by atoms with Gasteiger partial charge in [0, 0.05) is 10.6 Å². The van der Waals surface area contributed by atoms with Gasteiger partial charge in [-0.15, -0.1) is 5.10 Å². The van der Waals surface area contributed by atoms with Gasteiger partial charge >= 0.3 is 0 Å². The average Bonchev–Trinajstić information content (AvgIpc) is 3.23. The van der Waals surface area contributed by atoms with Gasteiger partial charge in [-0.05, 0) is 42.8 Å². The monoisotopic (exact) mass is 413 g/mol. The minimum atomic E-state index is -0.214. The van der Waals surface area contributed by atoms with Crippen LogP contribution in [-0.2, 0) is 0 Å². The largest absolute Gasteiger partial charge is 0.493 e. The Morgan fingerprint density at radius 3 is 2.79 bits per heavy atom. The zero-order chi connectivity index (χ0) is 19.7. The lowest BCUT2D eigenvalue weighted by atomic mass is 10.2. The molecule has 2 aromatic heterocycles. The van der Waals surface area contributed by atoms with E-state index in [1.54, 1.807) is 25.3 Å². The molecule has 0 N–H and O–H groups in total. The van der Waals surface area contributed by atoms with Gasteiger partial charge in [0.05, 0.1) is 18.2 Å². The molecule has 0 aliphatic rings. The number of halogens is 1. The summed E-state index contributed by atoms with van der Waals surface area (Å²) in [6.07, 6.45) is 1.79. The molecule has 0 unspecified atom stereocenters. The zero-order valence-corrected chi connectivity index (χ0v) is 16.8. The molecule has 2 heterocycles. The van der Waals surface area contributed by atoms with E-state index in [4.69, 9.17) is 21.1 Å². The zero-order valence-electron chi connectivity index (χ0n) is 15.2. The first-order chi connectivity index (χ1) is 13.6. The fourth-order valence-corrected chi connectivity index (χ4v) is 3.88. The number of fused-ring (bicyclic) bond motifs is 1. The number of nitrogens with zero attached hydrogens (tertiary/aromatic N) is 3. The van der Waals surface area contributed by atoms with Crippen molar-refractivity contribution in [2.24, 2.45) is 0 Å². The molecule has 0 amide bonds. The summed E-state index contributed by atoms with van der Waals surface area (Å²) in [6, 6.07) is 12.8. The Morgan fingerprint density at radius 1 is 1.21 bits per heavy atom. The Hall–Kier alpha value is -2.90. The SMILES string of the molecule is CCOc1ccc(/C=c2\sc3nc(-c4cccc(Cl)c4)nn3c2=O)cc1OC. The van der Waals surface area contributed by atoms with E-state index in [9.17, 15) is 4.79 Å². The number of methoxy groups -OCH3 is 1. The predicted molar refractivity (Wildman–Crippen MR) is 111 cm³/mol. The van der Waals surface area contributed by atoms with E-state index in [2.05, 4.69) is 10.1 Å². The van der Waals surface area contributed by atoms with Crippen molar-refractivity contribution in [3.63, 3.8) is 0 Å². The van der Waals surface area contributed by atoms with Crippen molar-refractivity contribution in [1.29, 1.82) is 0 Å². The molecule has 0 aliphatic carbocycles. The van der Waals surface area contributed by atoms with Crippen LogP contribution in [0.5, 0.6) is 11.5 Å². The number of benzene rings is 2. The smallest absolute Gasteiger partial charge is 0.291 e. The molecule has 4 rings (SSSR count). The van der Waals surface area contributed by atoms with Crippen LogP contribution in [0.1, 0.15) is 12.5 Å². The normalized spacial score (nSPS) is 11.9. The molecule has 0 spiro atoms. The molecule has 4 aromatic rings. The first-order valence-electron chi connectivity index (χ1n) is 8.57. The van der Waals surface area contributed by atoms with Gasteiger partial charge in [0.1, 0.15) is 0 Å². The molecule has 0 atom stereocenters. The summed E-state index contributed by atoms with van der Waals surface area (Å²) in [4.78, 5) is 17.7. The Bertz CT molecular complexity index is 1270. The highest BCUT2D eigenvalue weighted by molar-refractivity contribution is 7.15. The molecule has 28 heavy (non-hydrogen) atoms. The second kappa shape index (κ2) is 7.61. The van der Waals surface area contributed by atoms with Crippen molar-refractivity contribution in [3.05, 3.63) is 67.9 Å². The van der Waals surface area contributed by atoms with E-state index in [1.165, 1.54) is 15.9 Å². The molecule has 6 nitrogen and oxygen atoms in total. The Labute approximate surface area is 169 Å². The molecule has 0 saturated carbocycles. The average molecular weight is 414 g/mol. The maximum absolute atomic E-state index is 12.7. The quantitative estimate of drug-likeness (QED) is 0.501. The third-order valence-electron chi connectivity index (χ3n) is 4.05. The predicted octanol–water partition coefficient (Wildman–Crippen LogP) is 3.43. The van der Waals surface area contributed by atoms with Crippen LogP contribution in [0.15, 0.2) is 47.3 Å². The van der Waals surface area contributed by atoms with E-state index in [-0.39, 0.29) is 5.56 Å². The van der Waals surface area contributed by atoms with Crippen molar-refractivity contribution in [2.45, 2.75) is 6.92 Å². The maximum atomic E-state index is 12.7. The fourth-order valence-electron chi connectivity index (χ4n) is 2.78. The summed E-state index contributed by atoms with van der Waals surface area (Å²) in [7, 11) is 1.58. The first kappa shape index (κ1) is 18.5. The third kappa shape index (κ3) is 3.46. The van der Waals surface area contributed by atoms with Crippen LogP contribution in [0.4, 0.5) is 0 Å². The highest BCUT2D eigenvalue weighted by Crippen LogP contribution is 2.28. The molecule has 142 valence electrons. The van der Waals surface area contributed by atoms with Gasteiger partial charge in [0.15, 0.2) is 17.3 Å². The number of hydrogen-bond donors (Lipinski definition) is 0. The molecular weight excluding hydrogens is 398 g/mol. The molecule has 0 aliphatic heterocycles. The van der Waals surface area contributed by atoms with Gasteiger partial charge in [-0.2, -0.15) is 9.50 Å². The van der Waals surface area contributed by atoms with Gasteiger partial charge in [-0.25, -0.2) is 0 Å². The highest BCUT2D eigenvalue weighted by atomic mass is 35.5. The third-order valence-corrected chi connectivity index (χ3v) is 5.24. The summed E-state index contributed by atoms with van der Waals surface area (Å²) in [6.45, 7) is 2.46. The van der Waals surface area contributed by atoms with Crippen LogP contribution < -0.4 is 19.6 Å². The minimum Gasteiger partial charge on any atom is -0.493 e. The number of thiazole rings is 1. The summed E-state index contributed by atoms with van der Waals surface area (Å²) in [5.41, 5.74) is 1.38. The molecule has 0 fully saturated rings. The Morgan fingerprint density at radius 2 is 2.07 bits per heavy atom. The lowest BCUT2D eigenvalue weighted by molar-refractivity contribution is 0.311. The van der Waals surface area contributed by atoms with Crippen LogP contribution in [-0.4, -0.2) is 28.3 Å². The lowest BCUT2D eigenvalue weighted by Gasteiger charge is -2.09. The standard InChI is InChI=1S/C20H16ClN3O3S/c1-3-27-15-8-7-12(9-16(15)26-2)10-17-19(25)24-20(28-17)22-18(23-24)13-5-4-6-14(21)11-13/h4-11H,3H2,1-2H3/b17-10-. The molecule has 0 bridgehead atoms. The van der Waals surface area contributed by atoms with Crippen molar-refractivity contribution in [2.75, 3.05) is 13.7 Å². The van der Waals surface area contributed by atoms with Crippen LogP contribution in [0, 0.1) is 0 Å². The van der Waals surface area contributed by atoms with E-state index < -0.39 is 0 Å². The lowest BCUT2D eigenvalue weighted by Crippen LogP contribution is -2.23. The minimum absolute atomic E-state index is 0.214. The van der Waals surface area contributed by atoms with Gasteiger partial charge in [0.25, 0.3) is 5.56 Å². The number of rotatable bonds is 5. The van der Waals surface area contributed by atoms with Crippen LogP contribution >= 0.6 is 22.9 Å². The van der Waals surface area contributed by atoms with Crippen molar-refractivity contribution in [3.8, 4) is 22.9 Å². The topological polar surface area (TPSA) is 65.7 Å². The van der Waals surface area contributed by atoms with Gasteiger partial charge in [-0.1, -0.05) is 41.1 Å². The fraction of sp³-hybridized carbons (Fsp3) is 0.150. The molecule has 0 saturated heterocycles. The number of aromatic nitrogens is 3. The van der Waals surface area contributed by atoms with Crippen molar-refractivity contribution in [1.82, 2.24) is 14.6 Å². The summed E-state index contributed by atoms with van der Waals surface area (Å²) < 4.78 is 12.7. The second-order valence-electron chi connectivity index (χ2n) is 5.90.